The normalized spacial score (nSPS) is 12.5. The van der Waals surface area contributed by atoms with Gasteiger partial charge in [0.25, 0.3) is 0 Å². The molecule has 0 aliphatic heterocycles. The predicted octanol–water partition coefficient (Wildman–Crippen LogP) is 12.8. The van der Waals surface area contributed by atoms with Gasteiger partial charge in [-0.15, -0.1) is 0 Å². The fourth-order valence-corrected chi connectivity index (χ4v) is 9.25. The molecule has 42 heavy (non-hydrogen) atoms. The number of benzene rings is 2. The van der Waals surface area contributed by atoms with Crippen LogP contribution in [0.4, 0.5) is 0 Å². The van der Waals surface area contributed by atoms with Crippen LogP contribution in [0.15, 0.2) is 102 Å². The van der Waals surface area contributed by atoms with E-state index in [0.717, 1.165) is 46.4 Å². The van der Waals surface area contributed by atoms with E-state index in [1.807, 2.05) is 36.4 Å². The van der Waals surface area contributed by atoms with Crippen LogP contribution < -0.4 is 0 Å². The Morgan fingerprint density at radius 2 is 1.05 bits per heavy atom. The molecule has 1 aliphatic carbocycles. The van der Waals surface area contributed by atoms with Gasteiger partial charge in [-0.05, 0) is 90.9 Å². The Morgan fingerprint density at radius 3 is 1.36 bits per heavy atom. The van der Waals surface area contributed by atoms with E-state index in [4.69, 9.17) is 4.74 Å². The van der Waals surface area contributed by atoms with Gasteiger partial charge in [0.05, 0.1) is 0 Å². The summed E-state index contributed by atoms with van der Waals surface area (Å²) in [6.45, 7) is 22.4. The summed E-state index contributed by atoms with van der Waals surface area (Å²) in [7, 11) is -1.20. The smallest absolute Gasteiger partial charge is 0.0425 e. The predicted molar refractivity (Wildman–Crippen MR) is 189 cm³/mol. The molecule has 0 atom stereocenters. The molecule has 0 unspecified atom stereocenters. The van der Waals surface area contributed by atoms with Crippen molar-refractivity contribution in [1.82, 2.24) is 0 Å². The fourth-order valence-electron chi connectivity index (χ4n) is 5.28. The second-order valence-corrected chi connectivity index (χ2v) is 16.7. The van der Waals surface area contributed by atoms with Crippen LogP contribution in [0.25, 0.3) is 11.1 Å². The molecule has 0 bridgehead atoms. The van der Waals surface area contributed by atoms with Gasteiger partial charge in [-0.2, -0.15) is 0 Å². The zero-order valence-electron chi connectivity index (χ0n) is 27.6. The first-order valence-electron chi connectivity index (χ1n) is 16.1. The summed E-state index contributed by atoms with van der Waals surface area (Å²) in [4.78, 5) is 0. The molecule has 0 fully saturated rings. The molecule has 2 aromatic carbocycles. The van der Waals surface area contributed by atoms with Gasteiger partial charge < -0.3 is 0 Å². The van der Waals surface area contributed by atoms with E-state index in [2.05, 4.69) is 97.2 Å². The Labute approximate surface area is 275 Å². The first-order chi connectivity index (χ1) is 19.6. The van der Waals surface area contributed by atoms with Crippen LogP contribution in [0, 0.1) is 17.8 Å². The van der Waals surface area contributed by atoms with E-state index in [-0.39, 0.29) is 21.7 Å². The minimum atomic E-state index is -1.20. The van der Waals surface area contributed by atoms with Crippen LogP contribution in [0.1, 0.15) is 97.6 Å². The first-order valence-corrected chi connectivity index (χ1v) is 18.4. The third-order valence-electron chi connectivity index (χ3n) is 7.77. The van der Waals surface area contributed by atoms with E-state index >= 15 is 0 Å². The molecule has 3 heteroatoms. The van der Waals surface area contributed by atoms with Gasteiger partial charge in [0, 0.05) is 33.8 Å². The summed E-state index contributed by atoms with van der Waals surface area (Å²) >= 11 is 0. The average Bonchev–Trinajstić information content (AvgIpc) is 3.46. The van der Waals surface area contributed by atoms with Crippen LogP contribution in [0.2, 0.25) is 0 Å². The quantitative estimate of drug-likeness (QED) is 0.101. The van der Waals surface area contributed by atoms with Crippen molar-refractivity contribution in [3.63, 3.8) is 0 Å². The number of rotatable bonds is 16. The maximum atomic E-state index is 5.51. The molecule has 0 aromatic heterocycles. The van der Waals surface area contributed by atoms with Gasteiger partial charge in [-0.1, -0.05) is 147 Å². The molecular formula is C39H58NPTi. The Morgan fingerprint density at radius 1 is 0.667 bits per heavy atom. The molecule has 0 spiro atoms. The summed E-state index contributed by atoms with van der Waals surface area (Å²) in [6.07, 6.45) is 20.2. The van der Waals surface area contributed by atoms with E-state index in [1.54, 1.807) is 0 Å². The van der Waals surface area contributed by atoms with Crippen molar-refractivity contribution in [2.24, 2.45) is 22.5 Å². The zero-order chi connectivity index (χ0) is 30.1. The number of hydrogen-bond donors (Lipinski definition) is 0. The second-order valence-electron chi connectivity index (χ2n) is 13.0. The van der Waals surface area contributed by atoms with Crippen LogP contribution in [-0.2, 0) is 21.7 Å². The minimum absolute atomic E-state index is 0. The zero-order valence-corrected chi connectivity index (χ0v) is 30.1. The maximum absolute atomic E-state index is 5.51. The largest absolute Gasteiger partial charge is 0.272 e. The SMILES string of the molecule is C=C(C(=C)c1ccccc1)c1ccccc1.CC(C)CCCP(CCCC(C)C)(CCCC(C)C)=NC1=CC=CC1.[Ti]. The Bertz CT molecular complexity index is 1060. The fraction of sp³-hybridized carbons (Fsp3) is 0.487. The van der Waals surface area contributed by atoms with Crippen molar-refractivity contribution in [3.05, 3.63) is 109 Å². The molecule has 1 nitrogen and oxygen atoms in total. The maximum Gasteiger partial charge on any atom is 0.0425 e. The van der Waals surface area contributed by atoms with Crippen LogP contribution >= 0.6 is 7.05 Å². The van der Waals surface area contributed by atoms with Gasteiger partial charge in [-0.25, -0.2) is 0 Å². The van der Waals surface area contributed by atoms with E-state index in [9.17, 15) is 0 Å². The van der Waals surface area contributed by atoms with E-state index < -0.39 is 7.05 Å². The molecule has 0 saturated heterocycles. The minimum Gasteiger partial charge on any atom is -0.272 e. The first kappa shape index (κ1) is 38.4. The summed E-state index contributed by atoms with van der Waals surface area (Å²) in [5.74, 6) is 2.46. The average molecular weight is 620 g/mol. The molecule has 0 saturated carbocycles. The third-order valence-corrected chi connectivity index (χ3v) is 11.9. The summed E-state index contributed by atoms with van der Waals surface area (Å²) in [5.41, 5.74) is 5.57. The molecule has 0 heterocycles. The Balaban J connectivity index is 0.000000446. The van der Waals surface area contributed by atoms with Crippen molar-refractivity contribution >= 4 is 18.2 Å². The topological polar surface area (TPSA) is 12.4 Å². The summed E-state index contributed by atoms with van der Waals surface area (Å²) < 4.78 is 5.51. The number of allylic oxidation sites excluding steroid dienone is 5. The molecule has 0 radical (unpaired) electrons. The molecule has 228 valence electrons. The Kier molecular flexibility index (Phi) is 19.3. The van der Waals surface area contributed by atoms with Gasteiger partial charge >= 0.3 is 0 Å². The van der Waals surface area contributed by atoms with Crippen LogP contribution in [-0.4, -0.2) is 18.5 Å². The second kappa shape index (κ2) is 21.1. The third kappa shape index (κ3) is 15.2. The molecule has 0 N–H and O–H groups in total. The van der Waals surface area contributed by atoms with Crippen molar-refractivity contribution in [2.75, 3.05) is 18.5 Å². The van der Waals surface area contributed by atoms with Crippen LogP contribution in [0.3, 0.4) is 0 Å². The molecule has 0 amide bonds. The van der Waals surface area contributed by atoms with Gasteiger partial charge in [0.15, 0.2) is 0 Å². The summed E-state index contributed by atoms with van der Waals surface area (Å²) in [6, 6.07) is 20.3. The van der Waals surface area contributed by atoms with Crippen molar-refractivity contribution < 1.29 is 21.7 Å². The monoisotopic (exact) mass is 619 g/mol. The van der Waals surface area contributed by atoms with Gasteiger partial charge in [0.1, 0.15) is 0 Å². The van der Waals surface area contributed by atoms with Gasteiger partial charge in [-0.3, -0.25) is 4.74 Å². The molecule has 1 aliphatic rings. The molecule has 3 rings (SSSR count). The van der Waals surface area contributed by atoms with Crippen molar-refractivity contribution in [1.29, 1.82) is 0 Å². The number of nitrogens with zero attached hydrogens (tertiary/aromatic N) is 1. The van der Waals surface area contributed by atoms with Crippen LogP contribution in [0.5, 0.6) is 0 Å². The van der Waals surface area contributed by atoms with E-state index in [1.165, 1.54) is 62.7 Å². The standard InChI is InChI=1S/C23H44NP.C16H14.Ti/c1-20(2)12-9-17-25(18-10-13-21(3)4,19-11-14-22(5)6)24-23-15-7-8-16-23;1-13(15-9-5-3-6-10-15)14(2)16-11-7-4-8-12-16;/h7-8,15,20-22H,9-14,16-19H2,1-6H3;3-12H,1-2H2;. The van der Waals surface area contributed by atoms with Gasteiger partial charge in [0.2, 0.25) is 0 Å². The van der Waals surface area contributed by atoms with Crippen molar-refractivity contribution in [2.45, 2.75) is 86.5 Å². The Hall–Kier alpha value is -1.66. The van der Waals surface area contributed by atoms with Crippen molar-refractivity contribution in [3.8, 4) is 0 Å². The summed E-state index contributed by atoms with van der Waals surface area (Å²) in [5, 5.41) is 0. The molecular weight excluding hydrogens is 561 g/mol. The van der Waals surface area contributed by atoms with E-state index in [0.29, 0.717) is 0 Å². The number of hydrogen-bond acceptors (Lipinski definition) is 1. The molecule has 2 aromatic rings.